The highest BCUT2D eigenvalue weighted by Gasteiger charge is 2.08. The Hall–Kier alpha value is -1.20. The van der Waals surface area contributed by atoms with Crippen molar-refractivity contribution in [2.75, 3.05) is 0 Å². The molecule has 2 N–H and O–H groups in total. The van der Waals surface area contributed by atoms with Gasteiger partial charge in [0.15, 0.2) is 0 Å². The summed E-state index contributed by atoms with van der Waals surface area (Å²) in [5.74, 6) is 0.979. The first-order chi connectivity index (χ1) is 7.25. The van der Waals surface area contributed by atoms with Gasteiger partial charge in [-0.2, -0.15) is 0 Å². The number of nitrogens with zero attached hydrogens (tertiary/aromatic N) is 2. The van der Waals surface area contributed by atoms with Crippen molar-refractivity contribution in [2.24, 2.45) is 5.73 Å². The van der Waals surface area contributed by atoms with E-state index in [1.54, 1.807) is 17.6 Å². The Morgan fingerprint density at radius 1 is 1.47 bits per heavy atom. The molecule has 4 nitrogen and oxygen atoms in total. The molecule has 0 bridgehead atoms. The Kier molecular flexibility index (Phi) is 3.13. The van der Waals surface area contributed by atoms with Gasteiger partial charge in [-0.25, -0.2) is 0 Å². The van der Waals surface area contributed by atoms with Gasteiger partial charge >= 0.3 is 0 Å². The summed E-state index contributed by atoms with van der Waals surface area (Å²) in [5, 5.41) is 10.0. The SMILES string of the molecule is CC(N)c1nnc(CCc2ccco2)s1. The lowest BCUT2D eigenvalue weighted by atomic mass is 10.2. The highest BCUT2D eigenvalue weighted by Crippen LogP contribution is 2.17. The second-order valence-corrected chi connectivity index (χ2v) is 4.50. The Morgan fingerprint density at radius 2 is 2.33 bits per heavy atom. The van der Waals surface area contributed by atoms with Gasteiger partial charge in [0.05, 0.1) is 12.3 Å². The van der Waals surface area contributed by atoms with Gasteiger partial charge in [0, 0.05) is 12.8 Å². The molecule has 1 atom stereocenters. The van der Waals surface area contributed by atoms with Gasteiger partial charge in [-0.1, -0.05) is 11.3 Å². The molecule has 1 unspecified atom stereocenters. The molecule has 0 amide bonds. The molecule has 0 saturated carbocycles. The predicted octanol–water partition coefficient (Wildman–Crippen LogP) is 1.94. The lowest BCUT2D eigenvalue weighted by Crippen LogP contribution is -2.03. The van der Waals surface area contributed by atoms with Crippen molar-refractivity contribution in [2.45, 2.75) is 25.8 Å². The third-order valence-corrected chi connectivity index (χ3v) is 3.22. The van der Waals surface area contributed by atoms with E-state index in [-0.39, 0.29) is 6.04 Å². The normalized spacial score (nSPS) is 12.9. The zero-order valence-corrected chi connectivity index (χ0v) is 9.33. The van der Waals surface area contributed by atoms with E-state index in [0.29, 0.717) is 0 Å². The number of hydrogen-bond donors (Lipinski definition) is 1. The monoisotopic (exact) mass is 223 g/mol. The van der Waals surface area contributed by atoms with Crippen molar-refractivity contribution in [3.8, 4) is 0 Å². The average molecular weight is 223 g/mol. The van der Waals surface area contributed by atoms with Crippen LogP contribution in [0.25, 0.3) is 0 Å². The van der Waals surface area contributed by atoms with Crippen LogP contribution in [0.4, 0.5) is 0 Å². The molecule has 0 spiro atoms. The molecule has 0 saturated heterocycles. The first-order valence-corrected chi connectivity index (χ1v) is 5.67. The van der Waals surface area contributed by atoms with E-state index in [9.17, 15) is 0 Å². The van der Waals surface area contributed by atoms with Crippen LogP contribution in [-0.2, 0) is 12.8 Å². The predicted molar refractivity (Wildman–Crippen MR) is 58.6 cm³/mol. The van der Waals surface area contributed by atoms with Gasteiger partial charge in [0.25, 0.3) is 0 Å². The van der Waals surface area contributed by atoms with Gasteiger partial charge < -0.3 is 10.2 Å². The number of rotatable bonds is 4. The Morgan fingerprint density at radius 3 is 2.93 bits per heavy atom. The molecule has 0 aliphatic rings. The van der Waals surface area contributed by atoms with Crippen LogP contribution in [0.5, 0.6) is 0 Å². The van der Waals surface area contributed by atoms with Crippen LogP contribution in [0.2, 0.25) is 0 Å². The van der Waals surface area contributed by atoms with Gasteiger partial charge in [0.1, 0.15) is 15.8 Å². The third kappa shape index (κ3) is 2.64. The topological polar surface area (TPSA) is 64.9 Å². The zero-order valence-electron chi connectivity index (χ0n) is 8.51. The van der Waals surface area contributed by atoms with Crippen LogP contribution in [0.3, 0.4) is 0 Å². The lowest BCUT2D eigenvalue weighted by Gasteiger charge is -1.94. The zero-order chi connectivity index (χ0) is 10.7. The van der Waals surface area contributed by atoms with Crippen LogP contribution in [0.1, 0.15) is 28.7 Å². The van der Waals surface area contributed by atoms with E-state index in [2.05, 4.69) is 10.2 Å². The molecule has 15 heavy (non-hydrogen) atoms. The molecule has 80 valence electrons. The maximum atomic E-state index is 5.71. The molecule has 2 aromatic rings. The standard InChI is InChI=1S/C10H13N3OS/c1-7(11)10-13-12-9(15-10)5-4-8-3-2-6-14-8/h2-3,6-7H,4-5,11H2,1H3. The summed E-state index contributed by atoms with van der Waals surface area (Å²) in [4.78, 5) is 0. The third-order valence-electron chi connectivity index (χ3n) is 2.04. The highest BCUT2D eigenvalue weighted by atomic mass is 32.1. The minimum atomic E-state index is -0.0279. The van der Waals surface area contributed by atoms with Crippen molar-refractivity contribution in [1.29, 1.82) is 0 Å². The van der Waals surface area contributed by atoms with Crippen molar-refractivity contribution >= 4 is 11.3 Å². The molecule has 0 fully saturated rings. The molecule has 0 aliphatic heterocycles. The fourth-order valence-electron chi connectivity index (χ4n) is 1.24. The first kappa shape index (κ1) is 10.3. The summed E-state index contributed by atoms with van der Waals surface area (Å²) in [6, 6.07) is 3.83. The fourth-order valence-corrected chi connectivity index (χ4v) is 2.03. The van der Waals surface area contributed by atoms with Gasteiger partial charge in [0.2, 0.25) is 0 Å². The van der Waals surface area contributed by atoms with Gasteiger partial charge in [-0.15, -0.1) is 10.2 Å². The Bertz CT molecular complexity index is 408. The van der Waals surface area contributed by atoms with Crippen LogP contribution in [0.15, 0.2) is 22.8 Å². The van der Waals surface area contributed by atoms with Crippen molar-refractivity contribution < 1.29 is 4.42 Å². The molecule has 2 aromatic heterocycles. The Labute approximate surface area is 92.1 Å². The number of hydrogen-bond acceptors (Lipinski definition) is 5. The molecular weight excluding hydrogens is 210 g/mol. The largest absolute Gasteiger partial charge is 0.469 e. The van der Waals surface area contributed by atoms with Crippen LogP contribution < -0.4 is 5.73 Å². The molecule has 0 aromatic carbocycles. The van der Waals surface area contributed by atoms with E-state index in [1.807, 2.05) is 19.1 Å². The second kappa shape index (κ2) is 4.55. The minimum Gasteiger partial charge on any atom is -0.469 e. The van der Waals surface area contributed by atoms with Crippen LogP contribution in [0, 0.1) is 0 Å². The van der Waals surface area contributed by atoms with E-state index < -0.39 is 0 Å². The molecular formula is C10H13N3OS. The van der Waals surface area contributed by atoms with Crippen LogP contribution in [-0.4, -0.2) is 10.2 Å². The lowest BCUT2D eigenvalue weighted by molar-refractivity contribution is 0.508. The average Bonchev–Trinajstić information content (AvgIpc) is 2.86. The van der Waals surface area contributed by atoms with E-state index in [1.165, 1.54) is 0 Å². The summed E-state index contributed by atoms with van der Waals surface area (Å²) in [6.45, 7) is 1.91. The van der Waals surface area contributed by atoms with Crippen molar-refractivity contribution in [3.05, 3.63) is 34.2 Å². The summed E-state index contributed by atoms with van der Waals surface area (Å²) in [6.07, 6.45) is 3.40. The van der Waals surface area contributed by atoms with Crippen LogP contribution >= 0.6 is 11.3 Å². The van der Waals surface area contributed by atoms with Crippen molar-refractivity contribution in [3.63, 3.8) is 0 Å². The second-order valence-electron chi connectivity index (χ2n) is 3.40. The molecule has 2 heterocycles. The smallest absolute Gasteiger partial charge is 0.133 e. The van der Waals surface area contributed by atoms with E-state index >= 15 is 0 Å². The fraction of sp³-hybridized carbons (Fsp3) is 0.400. The van der Waals surface area contributed by atoms with E-state index in [4.69, 9.17) is 10.2 Å². The Balaban J connectivity index is 1.94. The quantitative estimate of drug-likeness (QED) is 0.860. The number of furan rings is 1. The highest BCUT2D eigenvalue weighted by molar-refractivity contribution is 7.11. The molecule has 2 rings (SSSR count). The minimum absolute atomic E-state index is 0.0279. The number of aryl methyl sites for hydroxylation is 2. The molecule has 5 heteroatoms. The van der Waals surface area contributed by atoms with Crippen molar-refractivity contribution in [1.82, 2.24) is 10.2 Å². The number of nitrogens with two attached hydrogens (primary N) is 1. The molecule has 0 aliphatic carbocycles. The maximum absolute atomic E-state index is 5.71. The maximum Gasteiger partial charge on any atom is 0.133 e. The number of aromatic nitrogens is 2. The van der Waals surface area contributed by atoms with E-state index in [0.717, 1.165) is 28.6 Å². The summed E-state index contributed by atoms with van der Waals surface area (Å²) < 4.78 is 5.24. The summed E-state index contributed by atoms with van der Waals surface area (Å²) >= 11 is 1.57. The van der Waals surface area contributed by atoms with Gasteiger partial charge in [-0.3, -0.25) is 0 Å². The summed E-state index contributed by atoms with van der Waals surface area (Å²) in [7, 11) is 0. The first-order valence-electron chi connectivity index (χ1n) is 4.86. The summed E-state index contributed by atoms with van der Waals surface area (Å²) in [5.41, 5.74) is 5.71. The van der Waals surface area contributed by atoms with Gasteiger partial charge in [-0.05, 0) is 19.1 Å². The molecule has 0 radical (unpaired) electrons.